The van der Waals surface area contributed by atoms with Gasteiger partial charge in [0.05, 0.1) is 11.9 Å². The molecule has 1 aliphatic carbocycles. The van der Waals surface area contributed by atoms with Crippen molar-refractivity contribution in [3.8, 4) is 5.69 Å². The highest BCUT2D eigenvalue weighted by Gasteiger charge is 2.21. The Morgan fingerprint density at radius 3 is 2.77 bits per heavy atom. The number of hydrogen-bond donors (Lipinski definition) is 3. The summed E-state index contributed by atoms with van der Waals surface area (Å²) in [7, 11) is 0. The summed E-state index contributed by atoms with van der Waals surface area (Å²) in [5, 5.41) is 16.7. The van der Waals surface area contributed by atoms with Gasteiger partial charge in [0.15, 0.2) is 0 Å². The average Bonchev–Trinajstić information content (AvgIpc) is 3.22. The Labute approximate surface area is 128 Å². The fraction of sp³-hybridized carbons (Fsp3) is 0.375. The average molecular weight is 300 g/mol. The van der Waals surface area contributed by atoms with E-state index < -0.39 is 5.97 Å². The van der Waals surface area contributed by atoms with Crippen LogP contribution in [-0.2, 0) is 6.54 Å². The Morgan fingerprint density at radius 1 is 1.45 bits per heavy atom. The molecule has 4 N–H and O–H groups in total. The molecule has 0 saturated heterocycles. The third kappa shape index (κ3) is 2.69. The molecule has 1 saturated carbocycles. The van der Waals surface area contributed by atoms with Gasteiger partial charge in [-0.2, -0.15) is 5.10 Å². The lowest BCUT2D eigenvalue weighted by atomic mass is 10.0. The summed E-state index contributed by atoms with van der Waals surface area (Å²) in [6.45, 7) is 4.83. The van der Waals surface area contributed by atoms with E-state index in [4.69, 9.17) is 10.8 Å². The first kappa shape index (κ1) is 14.6. The summed E-state index contributed by atoms with van der Waals surface area (Å²) in [4.78, 5) is 11.1. The molecule has 1 fully saturated rings. The van der Waals surface area contributed by atoms with Crippen molar-refractivity contribution >= 4 is 11.8 Å². The molecule has 3 rings (SSSR count). The minimum absolute atomic E-state index is 0.0264. The van der Waals surface area contributed by atoms with Crippen LogP contribution in [0.15, 0.2) is 18.3 Å². The number of rotatable bonds is 5. The van der Waals surface area contributed by atoms with Gasteiger partial charge in [0.1, 0.15) is 11.4 Å². The van der Waals surface area contributed by atoms with Crippen LogP contribution in [0.25, 0.3) is 5.69 Å². The van der Waals surface area contributed by atoms with Gasteiger partial charge in [-0.15, -0.1) is 0 Å². The zero-order chi connectivity index (χ0) is 15.9. The van der Waals surface area contributed by atoms with E-state index in [1.165, 1.54) is 23.7 Å². The normalized spacial score (nSPS) is 14.3. The first-order valence-corrected chi connectivity index (χ1v) is 7.38. The Hall–Kier alpha value is -2.34. The molecule has 0 amide bonds. The van der Waals surface area contributed by atoms with E-state index in [0.717, 1.165) is 28.9 Å². The van der Waals surface area contributed by atoms with Crippen molar-refractivity contribution < 1.29 is 9.90 Å². The van der Waals surface area contributed by atoms with E-state index in [0.29, 0.717) is 6.04 Å². The van der Waals surface area contributed by atoms with Gasteiger partial charge in [-0.3, -0.25) is 0 Å². The molecule has 6 nitrogen and oxygen atoms in total. The molecule has 0 aliphatic heterocycles. The fourth-order valence-electron chi connectivity index (χ4n) is 2.50. The number of benzene rings is 1. The van der Waals surface area contributed by atoms with Crippen molar-refractivity contribution in [2.24, 2.45) is 0 Å². The van der Waals surface area contributed by atoms with Crippen LogP contribution >= 0.6 is 0 Å². The number of hydrogen-bond acceptors (Lipinski definition) is 4. The molecule has 0 unspecified atom stereocenters. The molecule has 0 spiro atoms. The lowest BCUT2D eigenvalue weighted by molar-refractivity contribution is 0.0698. The number of aromatic nitrogens is 2. The number of carboxylic acid groups (broad SMARTS) is 1. The van der Waals surface area contributed by atoms with Crippen molar-refractivity contribution in [3.05, 3.63) is 40.6 Å². The second kappa shape index (κ2) is 5.46. The van der Waals surface area contributed by atoms with Gasteiger partial charge in [0.2, 0.25) is 0 Å². The molecular formula is C16H20N4O2. The first-order valence-electron chi connectivity index (χ1n) is 7.38. The quantitative estimate of drug-likeness (QED) is 0.785. The molecular weight excluding hydrogens is 280 g/mol. The van der Waals surface area contributed by atoms with E-state index in [9.17, 15) is 4.79 Å². The van der Waals surface area contributed by atoms with Crippen LogP contribution in [0.2, 0.25) is 0 Å². The van der Waals surface area contributed by atoms with Crippen molar-refractivity contribution in [1.29, 1.82) is 0 Å². The summed E-state index contributed by atoms with van der Waals surface area (Å²) in [5.74, 6) is -0.910. The summed E-state index contributed by atoms with van der Waals surface area (Å²) in [6.07, 6.45) is 3.78. The third-order valence-electron chi connectivity index (χ3n) is 4.14. The van der Waals surface area contributed by atoms with Crippen LogP contribution in [0.3, 0.4) is 0 Å². The number of aromatic carboxylic acids is 1. The molecule has 6 heteroatoms. The van der Waals surface area contributed by atoms with Crippen molar-refractivity contribution in [3.63, 3.8) is 0 Å². The zero-order valence-corrected chi connectivity index (χ0v) is 12.8. The number of aryl methyl sites for hydroxylation is 1. The molecule has 1 aliphatic rings. The van der Waals surface area contributed by atoms with Gasteiger partial charge in [0.25, 0.3) is 0 Å². The SMILES string of the molecule is Cc1cc(CNC2CC2)cc(-n2ncc(C(=O)O)c2N)c1C. The fourth-order valence-corrected chi connectivity index (χ4v) is 2.50. The van der Waals surface area contributed by atoms with Gasteiger partial charge >= 0.3 is 5.97 Å². The number of carbonyl (C=O) groups is 1. The Bertz CT molecular complexity index is 732. The van der Waals surface area contributed by atoms with Gasteiger partial charge in [-0.25, -0.2) is 9.48 Å². The van der Waals surface area contributed by atoms with E-state index >= 15 is 0 Å². The van der Waals surface area contributed by atoms with Crippen LogP contribution < -0.4 is 11.1 Å². The Kier molecular flexibility index (Phi) is 3.62. The second-order valence-electron chi connectivity index (χ2n) is 5.87. The highest BCUT2D eigenvalue weighted by Crippen LogP contribution is 2.25. The highest BCUT2D eigenvalue weighted by molar-refractivity contribution is 5.92. The number of nitrogens with zero attached hydrogens (tertiary/aromatic N) is 2. The lowest BCUT2D eigenvalue weighted by Gasteiger charge is -2.14. The molecule has 0 bridgehead atoms. The molecule has 116 valence electrons. The maximum absolute atomic E-state index is 11.1. The standard InChI is InChI=1S/C16H20N4O2/c1-9-5-11(7-18-12-3-4-12)6-14(10(9)2)20-15(17)13(8-19-20)16(21)22/h5-6,8,12,18H,3-4,7,17H2,1-2H3,(H,21,22). The van der Waals surface area contributed by atoms with Crippen LogP contribution in [-0.4, -0.2) is 26.9 Å². The van der Waals surface area contributed by atoms with Crippen molar-refractivity contribution in [2.75, 3.05) is 5.73 Å². The summed E-state index contributed by atoms with van der Waals surface area (Å²) < 4.78 is 1.51. The smallest absolute Gasteiger partial charge is 0.341 e. The Balaban J connectivity index is 1.99. The van der Waals surface area contributed by atoms with Crippen LogP contribution in [0.5, 0.6) is 0 Å². The second-order valence-corrected chi connectivity index (χ2v) is 5.87. The minimum atomic E-state index is -1.07. The predicted octanol–water partition coefficient (Wildman–Crippen LogP) is 2.02. The molecule has 1 aromatic heterocycles. The first-order chi connectivity index (χ1) is 10.5. The van der Waals surface area contributed by atoms with E-state index in [-0.39, 0.29) is 11.4 Å². The number of anilines is 1. The number of carboxylic acids is 1. The number of nitrogens with one attached hydrogen (secondary N) is 1. The zero-order valence-electron chi connectivity index (χ0n) is 12.8. The lowest BCUT2D eigenvalue weighted by Crippen LogP contribution is -2.16. The minimum Gasteiger partial charge on any atom is -0.477 e. The molecule has 0 radical (unpaired) electrons. The largest absolute Gasteiger partial charge is 0.477 e. The summed E-state index contributed by atoms with van der Waals surface area (Å²) in [5.41, 5.74) is 10.1. The van der Waals surface area contributed by atoms with E-state index in [1.54, 1.807) is 0 Å². The van der Waals surface area contributed by atoms with Gasteiger partial charge in [-0.05, 0) is 49.4 Å². The van der Waals surface area contributed by atoms with Crippen LogP contribution in [0.4, 0.5) is 5.82 Å². The topological polar surface area (TPSA) is 93.2 Å². The van der Waals surface area contributed by atoms with Crippen molar-refractivity contribution in [1.82, 2.24) is 15.1 Å². The van der Waals surface area contributed by atoms with Gasteiger partial charge in [0, 0.05) is 12.6 Å². The highest BCUT2D eigenvalue weighted by atomic mass is 16.4. The van der Waals surface area contributed by atoms with Crippen LogP contribution in [0.1, 0.15) is 39.9 Å². The van der Waals surface area contributed by atoms with Crippen molar-refractivity contribution in [2.45, 2.75) is 39.3 Å². The summed E-state index contributed by atoms with van der Waals surface area (Å²) in [6, 6.07) is 4.80. The Morgan fingerprint density at radius 2 is 2.18 bits per heavy atom. The maximum Gasteiger partial charge on any atom is 0.341 e. The maximum atomic E-state index is 11.1. The van der Waals surface area contributed by atoms with E-state index in [2.05, 4.69) is 16.5 Å². The van der Waals surface area contributed by atoms with Gasteiger partial charge < -0.3 is 16.2 Å². The van der Waals surface area contributed by atoms with Crippen LogP contribution in [0, 0.1) is 13.8 Å². The molecule has 1 aromatic carbocycles. The van der Waals surface area contributed by atoms with Gasteiger partial charge in [-0.1, -0.05) is 6.07 Å². The molecule has 0 atom stereocenters. The summed E-state index contributed by atoms with van der Waals surface area (Å²) >= 11 is 0. The third-order valence-corrected chi connectivity index (χ3v) is 4.14. The molecule has 1 heterocycles. The monoisotopic (exact) mass is 300 g/mol. The molecule has 2 aromatic rings. The van der Waals surface area contributed by atoms with E-state index in [1.807, 2.05) is 19.9 Å². The molecule has 22 heavy (non-hydrogen) atoms. The number of nitrogens with two attached hydrogens (primary N) is 1. The number of nitrogen functional groups attached to an aromatic ring is 1. The predicted molar refractivity (Wildman–Crippen MR) is 84.3 cm³/mol.